The average molecular weight is 622 g/mol. The summed E-state index contributed by atoms with van der Waals surface area (Å²) >= 11 is 0. The number of nitrogens with one attached hydrogen (secondary N) is 2. The number of fused-ring (bicyclic) bond motifs is 8. The van der Waals surface area contributed by atoms with Crippen LogP contribution < -0.4 is 0 Å². The Morgan fingerprint density at radius 2 is 1.48 bits per heavy atom. The number of H-pyrrole nitrogens is 2. The first-order valence-electron chi connectivity index (χ1n) is 15.6. The largest absolute Gasteiger partial charge is 0.469 e. The van der Waals surface area contributed by atoms with Gasteiger partial charge < -0.3 is 24.3 Å². The van der Waals surface area contributed by atoms with Gasteiger partial charge in [0.1, 0.15) is 0 Å². The van der Waals surface area contributed by atoms with Gasteiger partial charge in [0.2, 0.25) is 0 Å². The third kappa shape index (κ3) is 6.27. The van der Waals surface area contributed by atoms with Gasteiger partial charge in [0.15, 0.2) is 0 Å². The molecule has 2 aliphatic heterocycles. The van der Waals surface area contributed by atoms with Gasteiger partial charge in [-0.05, 0) is 111 Å². The number of esters is 2. The molecule has 9 heteroatoms. The molecule has 0 saturated heterocycles. The number of aryl methyl sites for hydroxylation is 3. The van der Waals surface area contributed by atoms with Crippen molar-refractivity contribution >= 4 is 62.5 Å². The lowest BCUT2D eigenvalue weighted by Crippen LogP contribution is -2.11. The molecule has 3 aromatic heterocycles. The summed E-state index contributed by atoms with van der Waals surface area (Å²) in [5.41, 5.74) is 15.3. The summed E-state index contributed by atoms with van der Waals surface area (Å²) in [7, 11) is 6.90. The number of carbonyl (C=O) groups excluding carboxylic acids is 2. The smallest absolute Gasteiger partial charge is 0.305 e. The van der Waals surface area contributed by atoms with Gasteiger partial charge in [-0.15, -0.1) is 0 Å². The van der Waals surface area contributed by atoms with E-state index in [1.807, 2.05) is 34.0 Å². The van der Waals surface area contributed by atoms with Crippen LogP contribution in [0.4, 0.5) is 0 Å². The number of allylic oxidation sites excluding steroid dienone is 4. The SMILES string of the molecule is CC=C(c1c2nc(cc3[nH]c(cc4nc(cc5[nH]c1cc5C)C(C)=C4CCC(=O)OC)c(CCC(=O)OC)c3C)C=C2C)N(C)C. The number of rotatable bonds is 8. The summed E-state index contributed by atoms with van der Waals surface area (Å²) in [6.45, 7) is 10.3. The highest BCUT2D eigenvalue weighted by atomic mass is 16.5. The van der Waals surface area contributed by atoms with Gasteiger partial charge in [-0.25, -0.2) is 9.97 Å². The van der Waals surface area contributed by atoms with Crippen LogP contribution in [0.2, 0.25) is 0 Å². The van der Waals surface area contributed by atoms with Crippen molar-refractivity contribution in [2.45, 2.75) is 60.3 Å². The standard InChI is InChI=1S/C37H43N5O4/c1-10-33(42(6)7)36-32-16-20(2)27(39-32)18-29-23(5)26(12-14-35(44)46-9)31(41-29)19-30-25(11-13-34(43)45-8)22(4)28(40-30)17-24-15-21(3)37(36)38-24/h10,15-19,39-40H,11-14H2,1-9H3. The van der Waals surface area contributed by atoms with Crippen molar-refractivity contribution in [3.05, 3.63) is 75.4 Å². The highest BCUT2D eigenvalue weighted by Crippen LogP contribution is 2.36. The molecular weight excluding hydrogens is 578 g/mol. The number of methoxy groups -OCH3 is 2. The monoisotopic (exact) mass is 621 g/mol. The molecule has 2 aliphatic rings. The maximum absolute atomic E-state index is 12.2. The van der Waals surface area contributed by atoms with E-state index in [2.05, 4.69) is 66.0 Å². The highest BCUT2D eigenvalue weighted by molar-refractivity contribution is 5.95. The van der Waals surface area contributed by atoms with Gasteiger partial charge in [-0.2, -0.15) is 0 Å². The lowest BCUT2D eigenvalue weighted by atomic mass is 10.0. The van der Waals surface area contributed by atoms with Crippen molar-refractivity contribution in [2.75, 3.05) is 28.3 Å². The topological polar surface area (TPSA) is 113 Å². The number of carbonyl (C=O) groups is 2. The van der Waals surface area contributed by atoms with E-state index in [0.29, 0.717) is 12.8 Å². The number of ether oxygens (including phenoxy) is 2. The van der Waals surface area contributed by atoms with E-state index in [1.54, 1.807) is 0 Å². The first-order chi connectivity index (χ1) is 21.9. The minimum atomic E-state index is -0.271. The van der Waals surface area contributed by atoms with Crippen LogP contribution in [0, 0.1) is 13.8 Å². The first kappa shape index (κ1) is 32.5. The first-order valence-corrected chi connectivity index (χ1v) is 15.6. The fourth-order valence-electron chi connectivity index (χ4n) is 6.29. The van der Waals surface area contributed by atoms with E-state index in [-0.39, 0.29) is 24.8 Å². The Balaban J connectivity index is 1.92. The molecule has 0 spiro atoms. The molecule has 0 fully saturated rings. The van der Waals surface area contributed by atoms with Gasteiger partial charge in [-0.3, -0.25) is 9.59 Å². The Bertz CT molecular complexity index is 1990. The molecule has 46 heavy (non-hydrogen) atoms. The highest BCUT2D eigenvalue weighted by Gasteiger charge is 2.21. The maximum Gasteiger partial charge on any atom is 0.305 e. The van der Waals surface area contributed by atoms with Crippen molar-refractivity contribution in [1.29, 1.82) is 0 Å². The van der Waals surface area contributed by atoms with E-state index in [4.69, 9.17) is 19.4 Å². The fourth-order valence-corrected chi connectivity index (χ4v) is 6.29. The molecule has 0 aromatic carbocycles. The Morgan fingerprint density at radius 3 is 2.13 bits per heavy atom. The fraction of sp³-hybridized carbons (Fsp3) is 0.351. The molecule has 0 amide bonds. The summed E-state index contributed by atoms with van der Waals surface area (Å²) in [6.07, 6.45) is 5.69. The third-order valence-electron chi connectivity index (χ3n) is 8.86. The van der Waals surface area contributed by atoms with Gasteiger partial charge in [0.05, 0.1) is 42.5 Å². The van der Waals surface area contributed by atoms with Crippen molar-refractivity contribution in [1.82, 2.24) is 24.8 Å². The normalized spacial score (nSPS) is 13.2. The second-order valence-electron chi connectivity index (χ2n) is 12.1. The van der Waals surface area contributed by atoms with Crippen molar-refractivity contribution < 1.29 is 19.1 Å². The number of hydrogen-bond donors (Lipinski definition) is 2. The summed E-state index contributed by atoms with van der Waals surface area (Å²) in [4.78, 5) is 44.1. The van der Waals surface area contributed by atoms with E-state index in [1.165, 1.54) is 14.2 Å². The van der Waals surface area contributed by atoms with Crippen LogP contribution in [0.3, 0.4) is 0 Å². The molecule has 240 valence electrons. The summed E-state index contributed by atoms with van der Waals surface area (Å²) in [5, 5.41) is 0. The quantitative estimate of drug-likeness (QED) is 0.252. The molecule has 2 N–H and O–H groups in total. The number of aromatic amines is 2. The zero-order chi connectivity index (χ0) is 33.3. The van der Waals surface area contributed by atoms with E-state index in [9.17, 15) is 9.59 Å². The van der Waals surface area contributed by atoms with Gasteiger partial charge in [-0.1, -0.05) is 6.08 Å². The number of aromatic nitrogens is 4. The van der Waals surface area contributed by atoms with E-state index < -0.39 is 0 Å². The van der Waals surface area contributed by atoms with Crippen molar-refractivity contribution in [3.63, 3.8) is 0 Å². The lowest BCUT2D eigenvalue weighted by molar-refractivity contribution is -0.141. The van der Waals surface area contributed by atoms with Crippen LogP contribution in [0.1, 0.15) is 85.1 Å². The zero-order valence-corrected chi connectivity index (χ0v) is 28.3. The molecule has 0 saturated carbocycles. The summed E-state index contributed by atoms with van der Waals surface area (Å²) in [6, 6.07) is 8.34. The molecule has 8 bridgehead atoms. The third-order valence-corrected chi connectivity index (χ3v) is 8.86. The Labute approximate surface area is 270 Å². The Kier molecular flexibility index (Phi) is 9.32. The van der Waals surface area contributed by atoms with Crippen LogP contribution in [0.25, 0.3) is 50.6 Å². The van der Waals surface area contributed by atoms with E-state index in [0.717, 1.165) is 89.5 Å². The maximum atomic E-state index is 12.2. The lowest BCUT2D eigenvalue weighted by Gasteiger charge is -2.18. The van der Waals surface area contributed by atoms with Crippen molar-refractivity contribution in [2.24, 2.45) is 0 Å². The van der Waals surface area contributed by atoms with Gasteiger partial charge in [0, 0.05) is 54.7 Å². The Morgan fingerprint density at radius 1 is 0.826 bits per heavy atom. The molecule has 5 heterocycles. The van der Waals surface area contributed by atoms with Crippen molar-refractivity contribution in [3.8, 4) is 0 Å². The number of hydrogen-bond acceptors (Lipinski definition) is 7. The molecule has 9 nitrogen and oxygen atoms in total. The van der Waals surface area contributed by atoms with Crippen LogP contribution >= 0.6 is 0 Å². The zero-order valence-electron chi connectivity index (χ0n) is 28.3. The van der Waals surface area contributed by atoms with Crippen LogP contribution in [0.15, 0.2) is 30.3 Å². The van der Waals surface area contributed by atoms with Gasteiger partial charge >= 0.3 is 11.9 Å². The molecule has 0 aliphatic carbocycles. The van der Waals surface area contributed by atoms with Crippen LogP contribution in [-0.4, -0.2) is 65.1 Å². The molecule has 0 radical (unpaired) electrons. The second kappa shape index (κ2) is 13.2. The van der Waals surface area contributed by atoms with E-state index >= 15 is 0 Å². The molecule has 0 unspecified atom stereocenters. The summed E-state index contributed by atoms with van der Waals surface area (Å²) in [5.74, 6) is -0.539. The minimum absolute atomic E-state index is 0.242. The molecule has 5 rings (SSSR count). The Hall–Kier alpha value is -4.92. The minimum Gasteiger partial charge on any atom is -0.469 e. The average Bonchev–Trinajstić information content (AvgIpc) is 3.73. The summed E-state index contributed by atoms with van der Waals surface area (Å²) < 4.78 is 9.92. The predicted molar refractivity (Wildman–Crippen MR) is 185 cm³/mol. The van der Waals surface area contributed by atoms with Crippen LogP contribution in [-0.2, 0) is 25.5 Å². The number of nitrogens with zero attached hydrogens (tertiary/aromatic N) is 3. The predicted octanol–water partition coefficient (Wildman–Crippen LogP) is 7.40. The molecular formula is C37H43N5O4. The molecule has 0 atom stereocenters. The second-order valence-corrected chi connectivity index (χ2v) is 12.1. The van der Waals surface area contributed by atoms with Gasteiger partial charge in [0.25, 0.3) is 0 Å². The van der Waals surface area contributed by atoms with Crippen LogP contribution in [0.5, 0.6) is 0 Å². The molecule has 3 aromatic rings.